The van der Waals surface area contributed by atoms with E-state index in [2.05, 4.69) is 15.1 Å². The van der Waals surface area contributed by atoms with Crippen molar-refractivity contribution in [2.75, 3.05) is 33.4 Å². The molecule has 2 aromatic rings. The fourth-order valence-electron chi connectivity index (χ4n) is 3.83. The fraction of sp³-hybridized carbons (Fsp3) is 0.600. The number of methoxy groups -OCH3 is 1. The molecule has 0 amide bonds. The van der Waals surface area contributed by atoms with Crippen molar-refractivity contribution in [1.82, 2.24) is 15.1 Å². The summed E-state index contributed by atoms with van der Waals surface area (Å²) in [4.78, 5) is 2.38. The number of aromatic nitrogens is 2. The third kappa shape index (κ3) is 4.25. The Morgan fingerprint density at radius 3 is 2.74 bits per heavy atom. The summed E-state index contributed by atoms with van der Waals surface area (Å²) in [7, 11) is 1.66. The van der Waals surface area contributed by atoms with Gasteiger partial charge < -0.3 is 18.6 Å². The van der Waals surface area contributed by atoms with Crippen molar-refractivity contribution in [1.29, 1.82) is 0 Å². The average molecular weight is 373 g/mol. The van der Waals surface area contributed by atoms with Gasteiger partial charge in [-0.15, -0.1) is 10.2 Å². The Balaban J connectivity index is 1.37. The van der Waals surface area contributed by atoms with Crippen LogP contribution in [0.25, 0.3) is 0 Å². The van der Waals surface area contributed by atoms with Gasteiger partial charge in [0.1, 0.15) is 12.7 Å². The van der Waals surface area contributed by atoms with Crippen LogP contribution in [0.3, 0.4) is 0 Å². The highest BCUT2D eigenvalue weighted by Crippen LogP contribution is 2.33. The third-order valence-corrected chi connectivity index (χ3v) is 5.27. The largest absolute Gasteiger partial charge is 0.493 e. The second-order valence-corrected chi connectivity index (χ2v) is 7.03. The molecule has 0 N–H and O–H groups in total. The Kier molecular flexibility index (Phi) is 5.89. The number of rotatable bonds is 7. The lowest BCUT2D eigenvalue weighted by Gasteiger charge is -2.33. The van der Waals surface area contributed by atoms with Gasteiger partial charge in [-0.25, -0.2) is 0 Å². The summed E-state index contributed by atoms with van der Waals surface area (Å²) >= 11 is 0. The van der Waals surface area contributed by atoms with E-state index < -0.39 is 0 Å². The van der Waals surface area contributed by atoms with E-state index in [0.29, 0.717) is 18.4 Å². The molecular formula is C20H27N3O4. The van der Waals surface area contributed by atoms with Gasteiger partial charge in [0.05, 0.1) is 13.2 Å². The van der Waals surface area contributed by atoms with Crippen molar-refractivity contribution in [2.45, 2.75) is 44.2 Å². The smallest absolute Gasteiger partial charge is 0.245 e. The van der Waals surface area contributed by atoms with Gasteiger partial charge in [0.15, 0.2) is 11.5 Å². The van der Waals surface area contributed by atoms with E-state index in [-0.39, 0.29) is 12.1 Å². The van der Waals surface area contributed by atoms with Crippen LogP contribution in [-0.2, 0) is 4.74 Å². The number of hydrogen-bond donors (Lipinski definition) is 0. The highest BCUT2D eigenvalue weighted by molar-refractivity contribution is 5.39. The monoisotopic (exact) mass is 373 g/mol. The van der Waals surface area contributed by atoms with E-state index in [1.807, 2.05) is 24.3 Å². The minimum Gasteiger partial charge on any atom is -0.493 e. The molecule has 2 fully saturated rings. The van der Waals surface area contributed by atoms with Crippen LogP contribution >= 0.6 is 0 Å². The second-order valence-electron chi connectivity index (χ2n) is 7.03. The quantitative estimate of drug-likeness (QED) is 0.735. The van der Waals surface area contributed by atoms with Crippen LogP contribution in [0.15, 0.2) is 28.7 Å². The molecule has 0 aliphatic carbocycles. The molecule has 146 valence electrons. The number of ether oxygens (including phenoxy) is 3. The molecule has 2 atom stereocenters. The van der Waals surface area contributed by atoms with E-state index in [1.54, 1.807) is 7.11 Å². The van der Waals surface area contributed by atoms with E-state index in [9.17, 15) is 0 Å². The van der Waals surface area contributed by atoms with Gasteiger partial charge in [-0.3, -0.25) is 4.90 Å². The van der Waals surface area contributed by atoms with E-state index >= 15 is 0 Å². The average Bonchev–Trinajstić information content (AvgIpc) is 3.40. The topological polar surface area (TPSA) is 69.9 Å². The number of nitrogens with zero attached hydrogens (tertiary/aromatic N) is 3. The zero-order valence-electron chi connectivity index (χ0n) is 15.8. The summed E-state index contributed by atoms with van der Waals surface area (Å²) in [6.07, 6.45) is 5.37. The van der Waals surface area contributed by atoms with Gasteiger partial charge in [0.25, 0.3) is 0 Å². The van der Waals surface area contributed by atoms with Crippen molar-refractivity contribution >= 4 is 0 Å². The van der Waals surface area contributed by atoms with Gasteiger partial charge in [-0.2, -0.15) is 0 Å². The molecule has 1 unspecified atom stereocenters. The Morgan fingerprint density at radius 1 is 1.07 bits per heavy atom. The number of hydrogen-bond acceptors (Lipinski definition) is 7. The number of benzene rings is 1. The molecule has 4 rings (SSSR count). The Hall–Kier alpha value is -2.12. The van der Waals surface area contributed by atoms with Gasteiger partial charge in [-0.05, 0) is 44.4 Å². The predicted molar refractivity (Wildman–Crippen MR) is 98.9 cm³/mol. The van der Waals surface area contributed by atoms with Crippen LogP contribution in [-0.4, -0.2) is 48.5 Å². The Bertz CT molecular complexity index is 730. The first-order chi connectivity index (χ1) is 13.3. The maximum atomic E-state index is 5.99. The molecule has 27 heavy (non-hydrogen) atoms. The highest BCUT2D eigenvalue weighted by atomic mass is 16.5. The van der Waals surface area contributed by atoms with Crippen LogP contribution in [0.1, 0.15) is 56.0 Å². The summed E-state index contributed by atoms with van der Waals surface area (Å²) in [5.74, 6) is 2.86. The number of likely N-dealkylation sites (tertiary alicyclic amines) is 1. The maximum Gasteiger partial charge on any atom is 0.245 e. The fourth-order valence-corrected chi connectivity index (χ4v) is 3.83. The minimum absolute atomic E-state index is 0.0304. The zero-order valence-corrected chi connectivity index (χ0v) is 15.8. The summed E-state index contributed by atoms with van der Waals surface area (Å²) in [5.41, 5.74) is 0. The number of para-hydroxylation sites is 2. The lowest BCUT2D eigenvalue weighted by atomic mass is 10.0. The van der Waals surface area contributed by atoms with Gasteiger partial charge >= 0.3 is 0 Å². The van der Waals surface area contributed by atoms with E-state index in [4.69, 9.17) is 18.6 Å². The highest BCUT2D eigenvalue weighted by Gasteiger charge is 2.30. The van der Waals surface area contributed by atoms with Crippen LogP contribution in [0.5, 0.6) is 11.5 Å². The molecule has 0 bridgehead atoms. The first kappa shape index (κ1) is 18.3. The molecule has 0 saturated carbocycles. The molecule has 0 spiro atoms. The van der Waals surface area contributed by atoms with Crippen LogP contribution in [0.2, 0.25) is 0 Å². The molecule has 1 aromatic heterocycles. The van der Waals surface area contributed by atoms with Crippen molar-refractivity contribution in [3.63, 3.8) is 0 Å². The van der Waals surface area contributed by atoms with Gasteiger partial charge in [-0.1, -0.05) is 18.6 Å². The van der Waals surface area contributed by atoms with Crippen LogP contribution in [0, 0.1) is 0 Å². The molecule has 3 heterocycles. The number of piperidine rings is 1. The Labute approximate surface area is 159 Å². The third-order valence-electron chi connectivity index (χ3n) is 5.27. The maximum absolute atomic E-state index is 5.99. The molecule has 2 aliphatic rings. The second kappa shape index (κ2) is 8.71. The van der Waals surface area contributed by atoms with E-state index in [0.717, 1.165) is 50.5 Å². The van der Waals surface area contributed by atoms with Crippen LogP contribution < -0.4 is 9.47 Å². The molecular weight excluding hydrogens is 346 g/mol. The SMILES string of the molecule is COc1ccccc1OCCN1CCCCC1c1nnc([C@H]2CCCO2)o1. The lowest BCUT2D eigenvalue weighted by molar-refractivity contribution is 0.0774. The normalized spacial score (nSPS) is 23.4. The standard InChI is InChI=1S/C20H27N3O4/c1-24-16-8-2-3-9-17(16)26-14-12-23-11-5-4-7-15(23)19-21-22-20(27-19)18-10-6-13-25-18/h2-3,8-9,15,18H,4-7,10-14H2,1H3/t15?,18-/m1/s1. The molecule has 7 nitrogen and oxygen atoms in total. The Morgan fingerprint density at radius 2 is 1.93 bits per heavy atom. The van der Waals surface area contributed by atoms with Crippen molar-refractivity contribution < 1.29 is 18.6 Å². The lowest BCUT2D eigenvalue weighted by Crippen LogP contribution is -2.36. The minimum atomic E-state index is -0.0304. The first-order valence-corrected chi connectivity index (χ1v) is 9.80. The molecule has 7 heteroatoms. The first-order valence-electron chi connectivity index (χ1n) is 9.80. The van der Waals surface area contributed by atoms with Gasteiger partial charge in [0.2, 0.25) is 11.8 Å². The van der Waals surface area contributed by atoms with Crippen molar-refractivity contribution in [2.24, 2.45) is 0 Å². The summed E-state index contributed by atoms with van der Waals surface area (Å²) < 4.78 is 22.9. The molecule has 2 aliphatic heterocycles. The molecule has 1 aromatic carbocycles. The van der Waals surface area contributed by atoms with Gasteiger partial charge in [0, 0.05) is 13.2 Å². The predicted octanol–water partition coefficient (Wildman–Crippen LogP) is 3.54. The summed E-state index contributed by atoms with van der Waals surface area (Å²) in [6.45, 7) is 3.18. The summed E-state index contributed by atoms with van der Waals surface area (Å²) in [5, 5.41) is 8.57. The van der Waals surface area contributed by atoms with Crippen molar-refractivity contribution in [3.8, 4) is 11.5 Å². The summed E-state index contributed by atoms with van der Waals surface area (Å²) in [6, 6.07) is 7.88. The van der Waals surface area contributed by atoms with Crippen LogP contribution in [0.4, 0.5) is 0 Å². The molecule has 0 radical (unpaired) electrons. The van der Waals surface area contributed by atoms with E-state index in [1.165, 1.54) is 12.8 Å². The zero-order chi connectivity index (χ0) is 18.5. The van der Waals surface area contributed by atoms with Crippen molar-refractivity contribution in [3.05, 3.63) is 36.0 Å². The molecule has 2 saturated heterocycles.